The van der Waals surface area contributed by atoms with E-state index in [1.54, 1.807) is 24.1 Å². The van der Waals surface area contributed by atoms with Crippen LogP contribution in [0.15, 0.2) is 36.5 Å². The van der Waals surface area contributed by atoms with Crippen LogP contribution in [-0.4, -0.2) is 42.4 Å². The molecular weight excluding hydrogens is 304 g/mol. The fourth-order valence-electron chi connectivity index (χ4n) is 2.97. The maximum atomic E-state index is 12.2. The van der Waals surface area contributed by atoms with Crippen molar-refractivity contribution < 1.29 is 9.53 Å². The summed E-state index contributed by atoms with van der Waals surface area (Å²) in [5.74, 6) is 1.34. The molecule has 6 nitrogen and oxygen atoms in total. The lowest BCUT2D eigenvalue weighted by atomic mass is 9.96. The molecule has 0 aliphatic carbocycles. The normalized spacial score (nSPS) is 17.5. The van der Waals surface area contributed by atoms with Crippen molar-refractivity contribution in [3.05, 3.63) is 42.2 Å². The van der Waals surface area contributed by atoms with Crippen LogP contribution in [0.25, 0.3) is 5.69 Å². The van der Waals surface area contributed by atoms with Gasteiger partial charge in [0.1, 0.15) is 5.75 Å². The number of nitrogens with one attached hydrogen (secondary N) is 2. The molecule has 1 aliphatic heterocycles. The number of hydrogen-bond donors (Lipinski definition) is 2. The van der Waals surface area contributed by atoms with Gasteiger partial charge in [-0.05, 0) is 68.6 Å². The van der Waals surface area contributed by atoms with Gasteiger partial charge in [-0.2, -0.15) is 5.10 Å². The Bertz CT molecular complexity index is 660. The first-order valence-corrected chi connectivity index (χ1v) is 8.45. The number of rotatable bonds is 6. The first kappa shape index (κ1) is 16.5. The Morgan fingerprint density at radius 2 is 2.21 bits per heavy atom. The maximum Gasteiger partial charge on any atom is 0.271 e. The molecule has 128 valence electrons. The molecule has 24 heavy (non-hydrogen) atoms. The second kappa shape index (κ2) is 7.97. The van der Waals surface area contributed by atoms with Gasteiger partial charge in [0.05, 0.1) is 12.8 Å². The van der Waals surface area contributed by atoms with Crippen molar-refractivity contribution in [1.29, 1.82) is 0 Å². The minimum absolute atomic E-state index is 0.119. The van der Waals surface area contributed by atoms with Crippen LogP contribution in [0.4, 0.5) is 0 Å². The van der Waals surface area contributed by atoms with Crippen LogP contribution in [0, 0.1) is 5.92 Å². The summed E-state index contributed by atoms with van der Waals surface area (Å²) in [7, 11) is 1.63. The number of nitrogens with zero attached hydrogens (tertiary/aromatic N) is 2. The summed E-state index contributed by atoms with van der Waals surface area (Å²) in [6, 6.07) is 9.29. The van der Waals surface area contributed by atoms with Crippen molar-refractivity contribution >= 4 is 5.91 Å². The maximum absolute atomic E-state index is 12.2. The predicted octanol–water partition coefficient (Wildman–Crippen LogP) is 2.00. The number of amides is 1. The molecule has 0 radical (unpaired) electrons. The molecule has 1 unspecified atom stereocenters. The van der Waals surface area contributed by atoms with Gasteiger partial charge < -0.3 is 15.4 Å². The standard InChI is InChI=1S/C18H24N4O2/c1-24-16-6-4-15(5-7-16)22-12-9-17(21-22)18(23)20-11-8-14-3-2-10-19-13-14/h4-7,9,12,14,19H,2-3,8,10-11,13H2,1H3,(H,20,23). The number of benzene rings is 1. The molecular formula is C18H24N4O2. The molecule has 2 heterocycles. The van der Waals surface area contributed by atoms with Crippen molar-refractivity contribution in [3.8, 4) is 11.4 Å². The highest BCUT2D eigenvalue weighted by molar-refractivity contribution is 5.92. The average molecular weight is 328 g/mol. The van der Waals surface area contributed by atoms with Gasteiger partial charge >= 0.3 is 0 Å². The molecule has 1 aromatic heterocycles. The van der Waals surface area contributed by atoms with Crippen LogP contribution < -0.4 is 15.4 Å². The summed E-state index contributed by atoms with van der Waals surface area (Å²) < 4.78 is 6.84. The van der Waals surface area contributed by atoms with Crippen LogP contribution in [0.1, 0.15) is 29.8 Å². The van der Waals surface area contributed by atoms with Crippen molar-refractivity contribution in [1.82, 2.24) is 20.4 Å². The van der Waals surface area contributed by atoms with E-state index in [1.807, 2.05) is 24.3 Å². The van der Waals surface area contributed by atoms with E-state index in [4.69, 9.17) is 4.74 Å². The number of piperidine rings is 1. The van der Waals surface area contributed by atoms with Crippen LogP contribution in [0.2, 0.25) is 0 Å². The first-order valence-electron chi connectivity index (χ1n) is 8.45. The van der Waals surface area contributed by atoms with E-state index in [2.05, 4.69) is 15.7 Å². The number of aromatic nitrogens is 2. The predicted molar refractivity (Wildman–Crippen MR) is 92.7 cm³/mol. The monoisotopic (exact) mass is 328 g/mol. The van der Waals surface area contributed by atoms with E-state index in [0.717, 1.165) is 30.9 Å². The number of carbonyl (C=O) groups excluding carboxylic acids is 1. The van der Waals surface area contributed by atoms with E-state index in [1.165, 1.54) is 12.8 Å². The fourth-order valence-corrected chi connectivity index (χ4v) is 2.97. The highest BCUT2D eigenvalue weighted by Gasteiger charge is 2.14. The number of hydrogen-bond acceptors (Lipinski definition) is 4. The molecule has 1 aromatic carbocycles. The molecule has 0 spiro atoms. The summed E-state index contributed by atoms with van der Waals surface area (Å²) >= 11 is 0. The Labute approximate surface area is 142 Å². The fraction of sp³-hybridized carbons (Fsp3) is 0.444. The highest BCUT2D eigenvalue weighted by Crippen LogP contribution is 2.15. The zero-order valence-electron chi connectivity index (χ0n) is 14.0. The van der Waals surface area contributed by atoms with Gasteiger partial charge in [0.15, 0.2) is 5.69 Å². The third-order valence-corrected chi connectivity index (χ3v) is 4.40. The Balaban J connectivity index is 1.53. The van der Waals surface area contributed by atoms with E-state index in [-0.39, 0.29) is 5.91 Å². The summed E-state index contributed by atoms with van der Waals surface area (Å²) in [5.41, 5.74) is 1.33. The largest absolute Gasteiger partial charge is 0.497 e. The lowest BCUT2D eigenvalue weighted by Crippen LogP contribution is -2.33. The van der Waals surface area contributed by atoms with Crippen molar-refractivity contribution in [2.45, 2.75) is 19.3 Å². The molecule has 3 rings (SSSR count). The van der Waals surface area contributed by atoms with Crippen LogP contribution in [-0.2, 0) is 0 Å². The summed E-state index contributed by atoms with van der Waals surface area (Å²) in [4.78, 5) is 12.2. The lowest BCUT2D eigenvalue weighted by Gasteiger charge is -2.22. The molecule has 2 aromatic rings. The van der Waals surface area contributed by atoms with Crippen molar-refractivity contribution in [2.24, 2.45) is 5.92 Å². The Morgan fingerprint density at radius 1 is 1.38 bits per heavy atom. The van der Waals surface area contributed by atoms with Crippen molar-refractivity contribution in [3.63, 3.8) is 0 Å². The van der Waals surface area contributed by atoms with Gasteiger partial charge in [-0.1, -0.05) is 0 Å². The smallest absolute Gasteiger partial charge is 0.271 e. The minimum Gasteiger partial charge on any atom is -0.497 e. The molecule has 1 atom stereocenters. The number of ether oxygens (including phenoxy) is 1. The average Bonchev–Trinajstić information content (AvgIpc) is 3.13. The van der Waals surface area contributed by atoms with Gasteiger partial charge in [0.25, 0.3) is 5.91 Å². The van der Waals surface area contributed by atoms with Gasteiger partial charge in [-0.15, -0.1) is 0 Å². The Hall–Kier alpha value is -2.34. The Morgan fingerprint density at radius 3 is 2.92 bits per heavy atom. The number of methoxy groups -OCH3 is 1. The van der Waals surface area contributed by atoms with Crippen LogP contribution in [0.3, 0.4) is 0 Å². The summed E-state index contributed by atoms with van der Waals surface area (Å²) in [5, 5.41) is 10.7. The molecule has 2 N–H and O–H groups in total. The van der Waals surface area contributed by atoms with E-state index in [9.17, 15) is 4.79 Å². The van der Waals surface area contributed by atoms with Crippen LogP contribution >= 0.6 is 0 Å². The second-order valence-electron chi connectivity index (χ2n) is 6.10. The zero-order valence-corrected chi connectivity index (χ0v) is 14.0. The molecule has 6 heteroatoms. The molecule has 1 amide bonds. The molecule has 1 saturated heterocycles. The number of carbonyl (C=O) groups is 1. The summed E-state index contributed by atoms with van der Waals surface area (Å²) in [6.07, 6.45) is 5.28. The molecule has 0 bridgehead atoms. The van der Waals surface area contributed by atoms with Crippen LogP contribution in [0.5, 0.6) is 5.75 Å². The van der Waals surface area contributed by atoms with Gasteiger partial charge in [0.2, 0.25) is 0 Å². The quantitative estimate of drug-likeness (QED) is 0.851. The minimum atomic E-state index is -0.119. The molecule has 1 aliphatic rings. The van der Waals surface area contributed by atoms with Gasteiger partial charge in [0, 0.05) is 12.7 Å². The van der Waals surface area contributed by atoms with E-state index >= 15 is 0 Å². The molecule has 1 fully saturated rings. The highest BCUT2D eigenvalue weighted by atomic mass is 16.5. The van der Waals surface area contributed by atoms with E-state index in [0.29, 0.717) is 18.2 Å². The first-order chi connectivity index (χ1) is 11.8. The molecule has 0 saturated carbocycles. The third-order valence-electron chi connectivity index (χ3n) is 4.40. The van der Waals surface area contributed by atoms with E-state index < -0.39 is 0 Å². The second-order valence-corrected chi connectivity index (χ2v) is 6.10. The van der Waals surface area contributed by atoms with Gasteiger partial charge in [-0.3, -0.25) is 4.79 Å². The lowest BCUT2D eigenvalue weighted by molar-refractivity contribution is 0.0945. The summed E-state index contributed by atoms with van der Waals surface area (Å²) in [6.45, 7) is 2.87. The van der Waals surface area contributed by atoms with Gasteiger partial charge in [-0.25, -0.2) is 4.68 Å². The third kappa shape index (κ3) is 4.14. The SMILES string of the molecule is COc1ccc(-n2ccc(C(=O)NCCC3CCCNC3)n2)cc1. The topological polar surface area (TPSA) is 68.2 Å². The Kier molecular flexibility index (Phi) is 5.48. The zero-order chi connectivity index (χ0) is 16.8. The van der Waals surface area contributed by atoms with Crippen molar-refractivity contribution in [2.75, 3.05) is 26.7 Å².